The highest BCUT2D eigenvalue weighted by Crippen LogP contribution is 2.34. The summed E-state index contributed by atoms with van der Waals surface area (Å²) in [6.07, 6.45) is -2.44. The number of nitrogens with zero attached hydrogens (tertiary/aromatic N) is 2. The molecule has 0 radical (unpaired) electrons. The van der Waals surface area contributed by atoms with E-state index in [0.717, 1.165) is 18.9 Å². The van der Waals surface area contributed by atoms with E-state index in [-0.39, 0.29) is 24.2 Å². The summed E-state index contributed by atoms with van der Waals surface area (Å²) in [4.78, 5) is 28.3. The lowest BCUT2D eigenvalue weighted by atomic mass is 10.1. The first-order chi connectivity index (χ1) is 13.2. The number of anilines is 1. The van der Waals surface area contributed by atoms with Gasteiger partial charge >= 0.3 is 6.18 Å². The Hall–Kier alpha value is -2.13. The Morgan fingerprint density at radius 2 is 1.79 bits per heavy atom. The highest BCUT2D eigenvalue weighted by atomic mass is 19.4. The van der Waals surface area contributed by atoms with E-state index in [1.165, 1.54) is 18.2 Å². The fourth-order valence-electron chi connectivity index (χ4n) is 3.26. The molecule has 9 heteroatoms. The number of hydrogen-bond donors (Lipinski definition) is 2. The van der Waals surface area contributed by atoms with Crippen LogP contribution in [-0.4, -0.2) is 66.4 Å². The van der Waals surface area contributed by atoms with Crippen molar-refractivity contribution in [2.24, 2.45) is 0 Å². The van der Waals surface area contributed by atoms with E-state index >= 15 is 0 Å². The highest BCUT2D eigenvalue weighted by Gasteiger charge is 2.34. The van der Waals surface area contributed by atoms with E-state index in [9.17, 15) is 22.8 Å². The molecule has 0 aromatic heterocycles. The van der Waals surface area contributed by atoms with Crippen molar-refractivity contribution in [2.75, 3.05) is 38.0 Å². The van der Waals surface area contributed by atoms with Gasteiger partial charge in [-0.25, -0.2) is 0 Å². The molecule has 2 fully saturated rings. The van der Waals surface area contributed by atoms with Gasteiger partial charge in [0.15, 0.2) is 0 Å². The summed E-state index contributed by atoms with van der Waals surface area (Å²) >= 11 is 0. The number of para-hydroxylation sites is 1. The number of alkyl halides is 3. The number of carbonyl (C=O) groups is 2. The summed E-state index contributed by atoms with van der Waals surface area (Å²) in [5.74, 6) is -0.456. The number of hydrogen-bond acceptors (Lipinski definition) is 4. The Balaban J connectivity index is 1.47. The summed E-state index contributed by atoms with van der Waals surface area (Å²) in [7, 11) is 0. The van der Waals surface area contributed by atoms with Crippen molar-refractivity contribution in [1.29, 1.82) is 0 Å². The minimum absolute atomic E-state index is 0.0166. The van der Waals surface area contributed by atoms with Crippen LogP contribution in [0.25, 0.3) is 0 Å². The third kappa shape index (κ3) is 5.45. The van der Waals surface area contributed by atoms with Gasteiger partial charge in [-0.1, -0.05) is 12.1 Å². The summed E-state index contributed by atoms with van der Waals surface area (Å²) in [5, 5.41) is 5.36. The fourth-order valence-corrected chi connectivity index (χ4v) is 3.26. The minimum Gasteiger partial charge on any atom is -0.352 e. The number of benzene rings is 1. The Labute approximate surface area is 162 Å². The number of rotatable bonds is 6. The Morgan fingerprint density at radius 3 is 2.39 bits per heavy atom. The zero-order valence-electron chi connectivity index (χ0n) is 15.8. The molecule has 1 saturated heterocycles. The van der Waals surface area contributed by atoms with E-state index in [1.807, 2.05) is 11.8 Å². The van der Waals surface area contributed by atoms with Gasteiger partial charge < -0.3 is 10.6 Å². The van der Waals surface area contributed by atoms with E-state index < -0.39 is 17.6 Å². The molecule has 2 amide bonds. The fraction of sp³-hybridized carbons (Fsp3) is 0.579. The zero-order valence-corrected chi connectivity index (χ0v) is 15.8. The predicted octanol–water partition coefficient (Wildman–Crippen LogP) is 1.93. The second kappa shape index (κ2) is 8.48. The molecule has 3 rings (SSSR count). The van der Waals surface area contributed by atoms with E-state index in [0.29, 0.717) is 32.2 Å². The molecule has 1 atom stereocenters. The average Bonchev–Trinajstić information content (AvgIpc) is 3.45. The van der Waals surface area contributed by atoms with E-state index in [4.69, 9.17) is 0 Å². The lowest BCUT2D eigenvalue weighted by molar-refractivity contribution is -0.137. The standard InChI is InChI=1S/C19H25F3N4O2/c1-13(18(28)23-14-6-7-14)26-10-8-25(9-11-26)12-17(27)24-16-5-3-2-4-15(16)19(20,21)22/h2-5,13-14H,6-12H2,1H3,(H,23,28)(H,24,27)/t13-/m1/s1. The summed E-state index contributed by atoms with van der Waals surface area (Å²) in [5.41, 5.74) is -1.09. The van der Waals surface area contributed by atoms with Crippen molar-refractivity contribution in [2.45, 2.75) is 38.0 Å². The first kappa shape index (κ1) is 20.6. The summed E-state index contributed by atoms with van der Waals surface area (Å²) in [6, 6.07) is 5.03. The van der Waals surface area contributed by atoms with Gasteiger partial charge in [0.05, 0.1) is 23.8 Å². The van der Waals surface area contributed by atoms with Crippen molar-refractivity contribution in [3.63, 3.8) is 0 Å². The average molecular weight is 398 g/mol. The van der Waals surface area contributed by atoms with Crippen LogP contribution in [0.2, 0.25) is 0 Å². The lowest BCUT2D eigenvalue weighted by Gasteiger charge is -2.37. The SMILES string of the molecule is C[C@H](C(=O)NC1CC1)N1CCN(CC(=O)Nc2ccccc2C(F)(F)F)CC1. The predicted molar refractivity (Wildman–Crippen MR) is 98.7 cm³/mol. The maximum absolute atomic E-state index is 13.0. The molecule has 28 heavy (non-hydrogen) atoms. The minimum atomic E-state index is -4.52. The van der Waals surface area contributed by atoms with Gasteiger partial charge in [-0.15, -0.1) is 0 Å². The quantitative estimate of drug-likeness (QED) is 0.769. The van der Waals surface area contributed by atoms with Crippen LogP contribution >= 0.6 is 0 Å². The van der Waals surface area contributed by atoms with Gasteiger partial charge in [0.1, 0.15) is 0 Å². The number of carbonyl (C=O) groups excluding carboxylic acids is 2. The topological polar surface area (TPSA) is 64.7 Å². The Bertz CT molecular complexity index is 713. The van der Waals surface area contributed by atoms with E-state index in [2.05, 4.69) is 15.5 Å². The molecule has 6 nitrogen and oxygen atoms in total. The lowest BCUT2D eigenvalue weighted by Crippen LogP contribution is -2.55. The maximum atomic E-state index is 13.0. The number of amides is 2. The van der Waals surface area contributed by atoms with Crippen LogP contribution in [0.15, 0.2) is 24.3 Å². The number of halogens is 3. The van der Waals surface area contributed by atoms with Gasteiger partial charge in [0.25, 0.3) is 0 Å². The number of piperazine rings is 1. The molecular weight excluding hydrogens is 373 g/mol. The molecule has 1 heterocycles. The number of nitrogens with one attached hydrogen (secondary N) is 2. The van der Waals surface area contributed by atoms with Crippen LogP contribution in [0, 0.1) is 0 Å². The third-order valence-corrected chi connectivity index (χ3v) is 5.13. The molecule has 1 aliphatic carbocycles. The van der Waals surface area contributed by atoms with Gasteiger partial charge in [-0.05, 0) is 31.9 Å². The second-order valence-electron chi connectivity index (χ2n) is 7.36. The third-order valence-electron chi connectivity index (χ3n) is 5.13. The first-order valence-electron chi connectivity index (χ1n) is 9.47. The van der Waals surface area contributed by atoms with Crippen LogP contribution in [0.5, 0.6) is 0 Å². The molecule has 2 aliphatic rings. The first-order valence-corrected chi connectivity index (χ1v) is 9.47. The van der Waals surface area contributed by atoms with Gasteiger partial charge in [-0.3, -0.25) is 19.4 Å². The monoisotopic (exact) mass is 398 g/mol. The van der Waals surface area contributed by atoms with Crippen LogP contribution in [0.1, 0.15) is 25.3 Å². The molecule has 0 spiro atoms. The molecular formula is C19H25F3N4O2. The van der Waals surface area contributed by atoms with Crippen molar-refractivity contribution < 1.29 is 22.8 Å². The smallest absolute Gasteiger partial charge is 0.352 e. The molecule has 1 aromatic carbocycles. The van der Waals surface area contributed by atoms with Crippen LogP contribution in [0.4, 0.5) is 18.9 Å². The normalized spacial score (nSPS) is 19.9. The van der Waals surface area contributed by atoms with Crippen LogP contribution in [-0.2, 0) is 15.8 Å². The van der Waals surface area contributed by atoms with Gasteiger partial charge in [-0.2, -0.15) is 13.2 Å². The van der Waals surface area contributed by atoms with E-state index in [1.54, 1.807) is 0 Å². The molecule has 2 N–H and O–H groups in total. The van der Waals surface area contributed by atoms with Gasteiger partial charge in [0.2, 0.25) is 11.8 Å². The van der Waals surface area contributed by atoms with Crippen LogP contribution < -0.4 is 10.6 Å². The van der Waals surface area contributed by atoms with Gasteiger partial charge in [0, 0.05) is 32.2 Å². The van der Waals surface area contributed by atoms with Crippen molar-refractivity contribution >= 4 is 17.5 Å². The molecule has 0 bridgehead atoms. The summed E-state index contributed by atoms with van der Waals surface area (Å²) in [6.45, 7) is 4.30. The van der Waals surface area contributed by atoms with Crippen molar-refractivity contribution in [1.82, 2.24) is 15.1 Å². The Morgan fingerprint density at radius 1 is 1.14 bits per heavy atom. The highest BCUT2D eigenvalue weighted by molar-refractivity contribution is 5.93. The zero-order chi connectivity index (χ0) is 20.3. The molecule has 0 unspecified atom stereocenters. The van der Waals surface area contributed by atoms with Crippen molar-refractivity contribution in [3.8, 4) is 0 Å². The molecule has 1 aromatic rings. The maximum Gasteiger partial charge on any atom is 0.418 e. The van der Waals surface area contributed by atoms with Crippen molar-refractivity contribution in [3.05, 3.63) is 29.8 Å². The molecule has 1 aliphatic heterocycles. The molecule has 154 valence electrons. The molecule has 1 saturated carbocycles. The second-order valence-corrected chi connectivity index (χ2v) is 7.36. The summed E-state index contributed by atoms with van der Waals surface area (Å²) < 4.78 is 39.1. The largest absolute Gasteiger partial charge is 0.418 e. The van der Waals surface area contributed by atoms with Crippen LogP contribution in [0.3, 0.4) is 0 Å². The Kier molecular flexibility index (Phi) is 6.24.